The first-order chi connectivity index (χ1) is 25.1. The number of esters is 2. The highest BCUT2D eigenvalue weighted by Crippen LogP contribution is 2.30. The van der Waals surface area contributed by atoms with E-state index in [1.54, 1.807) is 0 Å². The minimum atomic E-state index is -0.987. The number of hydrogen-bond acceptors (Lipinski definition) is 6. The van der Waals surface area contributed by atoms with E-state index < -0.39 is 6.10 Å². The summed E-state index contributed by atoms with van der Waals surface area (Å²) in [6.45, 7) is 4.24. The summed E-state index contributed by atoms with van der Waals surface area (Å²) in [6.07, 6.45) is 48.2. The normalized spacial score (nSPS) is 16.5. The fraction of sp³-hybridized carbons (Fsp3) is 0.822. The molecule has 0 saturated carbocycles. The van der Waals surface area contributed by atoms with Crippen molar-refractivity contribution in [2.75, 3.05) is 13.2 Å². The number of allylic oxidation sites excluding steroid dienone is 5. The Kier molecular flexibility index (Phi) is 33.7. The lowest BCUT2D eigenvalue weighted by Gasteiger charge is -2.12. The maximum atomic E-state index is 12.0. The summed E-state index contributed by atoms with van der Waals surface area (Å²) in [5, 5.41) is 10.0. The van der Waals surface area contributed by atoms with Crippen LogP contribution in [0.4, 0.5) is 0 Å². The minimum absolute atomic E-state index is 0.133. The molecule has 51 heavy (non-hydrogen) atoms. The van der Waals surface area contributed by atoms with Crippen LogP contribution in [0.3, 0.4) is 0 Å². The molecule has 0 amide bonds. The predicted molar refractivity (Wildman–Crippen MR) is 214 cm³/mol. The summed E-state index contributed by atoms with van der Waals surface area (Å²) in [7, 11) is 0. The molecule has 0 spiro atoms. The standard InChI is InChI=1S/C45H80O6/c1-3-5-7-8-9-10-11-12-13-14-15-16-17-18-19-23-26-29-33-37-44(47)49-39-41(46)40-50-45(48)38-34-30-27-24-21-20-22-25-28-32-36-43-42(51-43)35-31-6-4-2/h20,22,24,27-28,32,41-43,46H,3-19,21,23,25-26,29-31,33-40H2,1-2H3/b22-20-,27-24-,32-28-/t41-,42?,43?/m0/s1. The molecule has 0 aliphatic carbocycles. The van der Waals surface area contributed by atoms with Gasteiger partial charge in [-0.3, -0.25) is 9.59 Å². The highest BCUT2D eigenvalue weighted by Gasteiger charge is 2.36. The van der Waals surface area contributed by atoms with Crippen molar-refractivity contribution in [3.8, 4) is 0 Å². The van der Waals surface area contributed by atoms with Crippen LogP contribution in [0, 0.1) is 0 Å². The van der Waals surface area contributed by atoms with Gasteiger partial charge in [0.05, 0.1) is 12.2 Å². The fourth-order valence-electron chi connectivity index (χ4n) is 6.41. The van der Waals surface area contributed by atoms with Crippen LogP contribution >= 0.6 is 0 Å². The van der Waals surface area contributed by atoms with Crippen LogP contribution in [0.15, 0.2) is 36.5 Å². The van der Waals surface area contributed by atoms with Gasteiger partial charge in [-0.05, 0) is 44.9 Å². The Morgan fingerprint density at radius 1 is 0.529 bits per heavy atom. The molecule has 1 heterocycles. The van der Waals surface area contributed by atoms with Crippen molar-refractivity contribution in [3.05, 3.63) is 36.5 Å². The number of unbranched alkanes of at least 4 members (excludes halogenated alkanes) is 21. The summed E-state index contributed by atoms with van der Waals surface area (Å²) in [5.41, 5.74) is 0. The summed E-state index contributed by atoms with van der Waals surface area (Å²) in [4.78, 5) is 24.0. The molecule has 1 rings (SSSR count). The van der Waals surface area contributed by atoms with Gasteiger partial charge in [0.25, 0.3) is 0 Å². The number of carbonyl (C=O) groups excluding carboxylic acids is 2. The smallest absolute Gasteiger partial charge is 0.305 e. The van der Waals surface area contributed by atoms with Gasteiger partial charge < -0.3 is 19.3 Å². The van der Waals surface area contributed by atoms with Gasteiger partial charge in [0, 0.05) is 12.8 Å². The monoisotopic (exact) mass is 717 g/mol. The van der Waals surface area contributed by atoms with Crippen LogP contribution in [-0.4, -0.2) is 48.6 Å². The average molecular weight is 717 g/mol. The van der Waals surface area contributed by atoms with Gasteiger partial charge >= 0.3 is 11.9 Å². The van der Waals surface area contributed by atoms with Crippen LogP contribution in [0.5, 0.6) is 0 Å². The van der Waals surface area contributed by atoms with Gasteiger partial charge in [-0.25, -0.2) is 0 Å². The van der Waals surface area contributed by atoms with Gasteiger partial charge in [0.1, 0.15) is 19.3 Å². The third-order valence-corrected chi connectivity index (χ3v) is 9.80. The van der Waals surface area contributed by atoms with E-state index >= 15 is 0 Å². The number of aliphatic hydroxyl groups is 1. The molecule has 0 radical (unpaired) electrons. The van der Waals surface area contributed by atoms with Crippen molar-refractivity contribution in [2.45, 2.75) is 225 Å². The van der Waals surface area contributed by atoms with E-state index in [1.165, 1.54) is 128 Å². The number of epoxide rings is 1. The topological polar surface area (TPSA) is 85.4 Å². The molecule has 1 aliphatic rings. The first-order valence-electron chi connectivity index (χ1n) is 21.7. The Morgan fingerprint density at radius 3 is 1.45 bits per heavy atom. The maximum Gasteiger partial charge on any atom is 0.305 e. The van der Waals surface area contributed by atoms with E-state index in [0.29, 0.717) is 31.5 Å². The maximum absolute atomic E-state index is 12.0. The van der Waals surface area contributed by atoms with Crippen LogP contribution in [0.25, 0.3) is 0 Å². The van der Waals surface area contributed by atoms with Crippen LogP contribution < -0.4 is 0 Å². The Labute approximate surface area is 314 Å². The zero-order valence-electron chi connectivity index (χ0n) is 33.3. The van der Waals surface area contributed by atoms with Crippen LogP contribution in [0.2, 0.25) is 0 Å². The molecule has 0 aromatic heterocycles. The first kappa shape index (κ1) is 47.1. The fourth-order valence-corrected chi connectivity index (χ4v) is 6.41. The largest absolute Gasteiger partial charge is 0.463 e. The summed E-state index contributed by atoms with van der Waals surface area (Å²) < 4.78 is 16.0. The van der Waals surface area contributed by atoms with Crippen molar-refractivity contribution in [1.82, 2.24) is 0 Å². The molecular weight excluding hydrogens is 636 g/mol. The zero-order valence-corrected chi connectivity index (χ0v) is 33.3. The Balaban J connectivity index is 1.82. The third-order valence-electron chi connectivity index (χ3n) is 9.80. The van der Waals surface area contributed by atoms with Crippen LogP contribution in [0.1, 0.15) is 206 Å². The van der Waals surface area contributed by atoms with Gasteiger partial charge in [-0.15, -0.1) is 0 Å². The van der Waals surface area contributed by atoms with Gasteiger partial charge in [0.15, 0.2) is 0 Å². The molecule has 0 bridgehead atoms. The van der Waals surface area contributed by atoms with E-state index in [2.05, 4.69) is 50.3 Å². The highest BCUT2D eigenvalue weighted by atomic mass is 16.6. The minimum Gasteiger partial charge on any atom is -0.463 e. The summed E-state index contributed by atoms with van der Waals surface area (Å²) in [5.74, 6) is -0.626. The molecule has 3 atom stereocenters. The molecule has 6 heteroatoms. The molecule has 2 unspecified atom stereocenters. The quantitative estimate of drug-likeness (QED) is 0.0296. The molecule has 1 saturated heterocycles. The lowest BCUT2D eigenvalue weighted by atomic mass is 10.0. The Bertz CT molecular complexity index is 880. The molecule has 296 valence electrons. The lowest BCUT2D eigenvalue weighted by Crippen LogP contribution is -2.25. The SMILES string of the molecule is CCCCCCCCCCCCCCCCCCCCCC(=O)OC[C@H](O)COC(=O)CCC/C=C\C/C=C\C/C=C\CC1OC1CCCCC. The Morgan fingerprint density at radius 2 is 0.941 bits per heavy atom. The van der Waals surface area contributed by atoms with Gasteiger partial charge in [-0.2, -0.15) is 0 Å². The molecule has 0 aromatic carbocycles. The zero-order chi connectivity index (χ0) is 36.9. The molecular formula is C45H80O6. The van der Waals surface area contributed by atoms with Crippen molar-refractivity contribution < 1.29 is 28.9 Å². The lowest BCUT2D eigenvalue weighted by molar-refractivity contribution is -0.152. The molecule has 0 aromatic rings. The number of hydrogen-bond donors (Lipinski definition) is 1. The van der Waals surface area contributed by atoms with Gasteiger partial charge in [0.2, 0.25) is 0 Å². The number of aliphatic hydroxyl groups excluding tert-OH is 1. The number of rotatable bonds is 38. The van der Waals surface area contributed by atoms with Crippen molar-refractivity contribution >= 4 is 11.9 Å². The van der Waals surface area contributed by atoms with E-state index in [9.17, 15) is 14.7 Å². The van der Waals surface area contributed by atoms with E-state index in [4.69, 9.17) is 14.2 Å². The van der Waals surface area contributed by atoms with E-state index in [1.807, 2.05) is 0 Å². The van der Waals surface area contributed by atoms with E-state index in [-0.39, 0.29) is 25.2 Å². The molecule has 6 nitrogen and oxygen atoms in total. The number of carbonyl (C=O) groups is 2. The average Bonchev–Trinajstić information content (AvgIpc) is 3.89. The highest BCUT2D eigenvalue weighted by molar-refractivity contribution is 5.69. The van der Waals surface area contributed by atoms with Crippen molar-refractivity contribution in [3.63, 3.8) is 0 Å². The molecule has 1 N–H and O–H groups in total. The second-order valence-electron chi connectivity index (χ2n) is 14.9. The Hall–Kier alpha value is -1.92. The predicted octanol–water partition coefficient (Wildman–Crippen LogP) is 12.6. The van der Waals surface area contributed by atoms with Crippen molar-refractivity contribution in [2.24, 2.45) is 0 Å². The second-order valence-corrected chi connectivity index (χ2v) is 14.9. The summed E-state index contributed by atoms with van der Waals surface area (Å²) in [6, 6.07) is 0. The second kappa shape index (κ2) is 36.4. The number of ether oxygens (including phenoxy) is 3. The van der Waals surface area contributed by atoms with Gasteiger partial charge in [-0.1, -0.05) is 185 Å². The van der Waals surface area contributed by atoms with E-state index in [0.717, 1.165) is 44.9 Å². The van der Waals surface area contributed by atoms with Crippen LogP contribution in [-0.2, 0) is 23.8 Å². The molecule has 1 fully saturated rings. The third kappa shape index (κ3) is 33.7. The first-order valence-corrected chi connectivity index (χ1v) is 21.7. The summed E-state index contributed by atoms with van der Waals surface area (Å²) >= 11 is 0. The van der Waals surface area contributed by atoms with Crippen molar-refractivity contribution in [1.29, 1.82) is 0 Å². The molecule has 1 aliphatic heterocycles.